The Bertz CT molecular complexity index is 563. The summed E-state index contributed by atoms with van der Waals surface area (Å²) in [6, 6.07) is 1.52. The predicted molar refractivity (Wildman–Crippen MR) is 75.2 cm³/mol. The molecule has 0 radical (unpaired) electrons. The molecular weight excluding hydrogens is 310 g/mol. The van der Waals surface area contributed by atoms with E-state index in [-0.39, 0.29) is 5.43 Å². The van der Waals surface area contributed by atoms with E-state index in [1.54, 1.807) is 0 Å². The highest BCUT2D eigenvalue weighted by molar-refractivity contribution is 9.10. The SMILES string of the molecule is CN(CCS)c1cc(=O)c2scc(Br)c2o1. The van der Waals surface area contributed by atoms with E-state index in [0.29, 0.717) is 21.9 Å². The van der Waals surface area contributed by atoms with Gasteiger partial charge in [-0.2, -0.15) is 12.6 Å². The maximum Gasteiger partial charge on any atom is 0.204 e. The van der Waals surface area contributed by atoms with Gasteiger partial charge in [0.15, 0.2) is 11.5 Å². The van der Waals surface area contributed by atoms with Gasteiger partial charge in [-0.05, 0) is 15.9 Å². The number of thiol groups is 1. The van der Waals surface area contributed by atoms with Crippen LogP contribution in [0, 0.1) is 0 Å². The highest BCUT2D eigenvalue weighted by atomic mass is 79.9. The largest absolute Gasteiger partial charge is 0.438 e. The molecule has 2 aromatic rings. The van der Waals surface area contributed by atoms with E-state index >= 15 is 0 Å². The van der Waals surface area contributed by atoms with Gasteiger partial charge < -0.3 is 9.32 Å². The molecular formula is C10H10BrNO2S2. The summed E-state index contributed by atoms with van der Waals surface area (Å²) in [7, 11) is 1.88. The average molecular weight is 320 g/mol. The van der Waals surface area contributed by atoms with Gasteiger partial charge in [0.2, 0.25) is 5.43 Å². The van der Waals surface area contributed by atoms with Crippen LogP contribution in [0.15, 0.2) is 25.1 Å². The molecule has 0 atom stereocenters. The van der Waals surface area contributed by atoms with Crippen molar-refractivity contribution in [2.75, 3.05) is 24.2 Å². The summed E-state index contributed by atoms with van der Waals surface area (Å²) in [6.07, 6.45) is 0. The standard InChI is InChI=1S/C10H10BrNO2S2/c1-12(2-3-15)8-4-7(13)10-9(14-8)6(11)5-16-10/h4-5,15H,2-3H2,1H3. The molecule has 0 unspecified atom stereocenters. The Morgan fingerprint density at radius 1 is 1.62 bits per heavy atom. The summed E-state index contributed by atoms with van der Waals surface area (Å²) in [5.41, 5.74) is 0.622. The van der Waals surface area contributed by atoms with Crippen LogP contribution in [-0.2, 0) is 0 Å². The third-order valence-corrected chi connectivity index (χ3v) is 4.27. The minimum absolute atomic E-state index is 0.00188. The van der Waals surface area contributed by atoms with Crippen LogP contribution < -0.4 is 10.3 Å². The van der Waals surface area contributed by atoms with Gasteiger partial charge in [-0.1, -0.05) is 0 Å². The molecule has 6 heteroatoms. The van der Waals surface area contributed by atoms with Crippen molar-refractivity contribution in [2.45, 2.75) is 0 Å². The zero-order valence-corrected chi connectivity index (χ0v) is 11.9. The van der Waals surface area contributed by atoms with Crippen molar-refractivity contribution in [1.29, 1.82) is 0 Å². The summed E-state index contributed by atoms with van der Waals surface area (Å²) in [6.45, 7) is 0.735. The lowest BCUT2D eigenvalue weighted by Crippen LogP contribution is -2.20. The molecule has 0 aromatic carbocycles. The van der Waals surface area contributed by atoms with E-state index in [0.717, 1.165) is 11.0 Å². The van der Waals surface area contributed by atoms with Crippen LogP contribution in [0.2, 0.25) is 0 Å². The lowest BCUT2D eigenvalue weighted by Gasteiger charge is -2.15. The topological polar surface area (TPSA) is 33.5 Å². The summed E-state index contributed by atoms with van der Waals surface area (Å²) < 4.78 is 7.16. The predicted octanol–water partition coefficient (Wildman–Crippen LogP) is 2.98. The molecule has 3 nitrogen and oxygen atoms in total. The van der Waals surface area contributed by atoms with Crippen molar-refractivity contribution in [2.24, 2.45) is 0 Å². The molecule has 2 rings (SSSR count). The highest BCUT2D eigenvalue weighted by Gasteiger charge is 2.12. The van der Waals surface area contributed by atoms with Crippen LogP contribution in [0.25, 0.3) is 10.3 Å². The van der Waals surface area contributed by atoms with Crippen LogP contribution in [0.3, 0.4) is 0 Å². The second-order valence-corrected chi connectivity index (χ2v) is 5.52. The van der Waals surface area contributed by atoms with Crippen LogP contribution in [-0.4, -0.2) is 19.3 Å². The quantitative estimate of drug-likeness (QED) is 0.883. The Morgan fingerprint density at radius 3 is 3.06 bits per heavy atom. The van der Waals surface area contributed by atoms with Gasteiger partial charge in [-0.3, -0.25) is 4.79 Å². The molecule has 0 aliphatic heterocycles. The lowest BCUT2D eigenvalue weighted by molar-refractivity contribution is 0.589. The molecule has 16 heavy (non-hydrogen) atoms. The number of hydrogen-bond donors (Lipinski definition) is 1. The molecule has 0 saturated heterocycles. The van der Waals surface area contributed by atoms with Crippen molar-refractivity contribution < 1.29 is 4.42 Å². The van der Waals surface area contributed by atoms with Gasteiger partial charge in [0, 0.05) is 30.8 Å². The Balaban J connectivity index is 2.56. The number of nitrogens with zero attached hydrogens (tertiary/aromatic N) is 1. The zero-order chi connectivity index (χ0) is 11.7. The molecule has 2 heterocycles. The van der Waals surface area contributed by atoms with E-state index < -0.39 is 0 Å². The Labute approximate surface area is 111 Å². The summed E-state index contributed by atoms with van der Waals surface area (Å²) in [4.78, 5) is 13.7. The minimum Gasteiger partial charge on any atom is -0.438 e. The second kappa shape index (κ2) is 4.81. The van der Waals surface area contributed by atoms with Gasteiger partial charge in [0.1, 0.15) is 4.70 Å². The number of thiophene rings is 1. The molecule has 0 N–H and O–H groups in total. The maximum atomic E-state index is 11.8. The van der Waals surface area contributed by atoms with Crippen molar-refractivity contribution in [3.05, 3.63) is 26.1 Å². The normalized spacial score (nSPS) is 10.9. The van der Waals surface area contributed by atoms with E-state index in [4.69, 9.17) is 4.42 Å². The molecule has 0 aliphatic rings. The molecule has 0 amide bonds. The van der Waals surface area contributed by atoms with Gasteiger partial charge in [0.25, 0.3) is 0 Å². The molecule has 0 aliphatic carbocycles. The van der Waals surface area contributed by atoms with Gasteiger partial charge in [-0.15, -0.1) is 11.3 Å². The lowest BCUT2D eigenvalue weighted by atomic mass is 10.4. The van der Waals surface area contributed by atoms with E-state index in [9.17, 15) is 4.79 Å². The third kappa shape index (κ3) is 2.14. The number of anilines is 1. The van der Waals surface area contributed by atoms with Crippen molar-refractivity contribution >= 4 is 56.1 Å². The highest BCUT2D eigenvalue weighted by Crippen LogP contribution is 2.30. The van der Waals surface area contributed by atoms with E-state index in [2.05, 4.69) is 28.6 Å². The molecule has 86 valence electrons. The van der Waals surface area contributed by atoms with Gasteiger partial charge in [0.05, 0.1) is 4.47 Å². The maximum absolute atomic E-state index is 11.8. The van der Waals surface area contributed by atoms with Crippen molar-refractivity contribution in [3.8, 4) is 0 Å². The first-order chi connectivity index (χ1) is 7.63. The number of halogens is 1. The van der Waals surface area contributed by atoms with Crippen LogP contribution in [0.1, 0.15) is 0 Å². The number of rotatable bonds is 3. The van der Waals surface area contributed by atoms with Gasteiger partial charge >= 0.3 is 0 Å². The van der Waals surface area contributed by atoms with Crippen LogP contribution >= 0.6 is 39.9 Å². The smallest absolute Gasteiger partial charge is 0.204 e. The monoisotopic (exact) mass is 319 g/mol. The van der Waals surface area contributed by atoms with E-state index in [1.165, 1.54) is 17.4 Å². The number of hydrogen-bond acceptors (Lipinski definition) is 5. The van der Waals surface area contributed by atoms with Crippen LogP contribution in [0.5, 0.6) is 0 Å². The fourth-order valence-electron chi connectivity index (χ4n) is 1.35. The first-order valence-corrected chi connectivity index (χ1v) is 6.97. The number of fused-ring (bicyclic) bond motifs is 1. The molecule has 0 saturated carbocycles. The van der Waals surface area contributed by atoms with E-state index in [1.807, 2.05) is 17.3 Å². The van der Waals surface area contributed by atoms with Crippen LogP contribution in [0.4, 0.5) is 5.88 Å². The minimum atomic E-state index is -0.00188. The zero-order valence-electron chi connectivity index (χ0n) is 8.57. The Kier molecular flexibility index (Phi) is 3.61. The molecule has 0 bridgehead atoms. The second-order valence-electron chi connectivity index (χ2n) is 3.34. The molecule has 0 spiro atoms. The Morgan fingerprint density at radius 2 is 2.38 bits per heavy atom. The molecule has 2 aromatic heterocycles. The van der Waals surface area contributed by atoms with Gasteiger partial charge in [-0.25, -0.2) is 0 Å². The van der Waals surface area contributed by atoms with Crippen molar-refractivity contribution in [1.82, 2.24) is 0 Å². The molecule has 0 fully saturated rings. The Hall–Kier alpha value is -0.460. The van der Waals surface area contributed by atoms with Crippen molar-refractivity contribution in [3.63, 3.8) is 0 Å². The fraction of sp³-hybridized carbons (Fsp3) is 0.300. The first kappa shape index (κ1) is 12.0. The first-order valence-electron chi connectivity index (χ1n) is 4.66. The summed E-state index contributed by atoms with van der Waals surface area (Å²) >= 11 is 8.90. The summed E-state index contributed by atoms with van der Waals surface area (Å²) in [5.74, 6) is 1.29. The summed E-state index contributed by atoms with van der Waals surface area (Å²) in [5, 5.41) is 1.86. The average Bonchev–Trinajstić information content (AvgIpc) is 2.61. The third-order valence-electron chi connectivity index (χ3n) is 2.20. The fourth-order valence-corrected chi connectivity index (χ4v) is 3.10.